The lowest BCUT2D eigenvalue weighted by molar-refractivity contribution is 0.157. The number of sulfonamides is 1. The van der Waals surface area contributed by atoms with Gasteiger partial charge >= 0.3 is 0 Å². The fourth-order valence-electron chi connectivity index (χ4n) is 2.00. The van der Waals surface area contributed by atoms with E-state index in [1.54, 1.807) is 13.3 Å². The molecule has 2 rings (SSSR count). The zero-order valence-corrected chi connectivity index (χ0v) is 13.5. The zero-order chi connectivity index (χ0) is 15.5. The van der Waals surface area contributed by atoms with Crippen LogP contribution in [0.25, 0.3) is 0 Å². The predicted octanol–water partition coefficient (Wildman–Crippen LogP) is 0.611. The number of aromatic amines is 1. The van der Waals surface area contributed by atoms with Crippen molar-refractivity contribution in [2.75, 3.05) is 13.7 Å². The minimum absolute atomic E-state index is 0.135. The summed E-state index contributed by atoms with van der Waals surface area (Å²) in [6.45, 7) is 4.75. The summed E-state index contributed by atoms with van der Waals surface area (Å²) in [6.07, 6.45) is 3.87. The Morgan fingerprint density at radius 3 is 2.76 bits per heavy atom. The number of nitrogens with zero attached hydrogens (tertiary/aromatic N) is 1. The van der Waals surface area contributed by atoms with E-state index in [-0.39, 0.29) is 17.0 Å². The number of hydrogen-bond acceptors (Lipinski definition) is 5. The lowest BCUT2D eigenvalue weighted by Crippen LogP contribution is -2.42. The van der Waals surface area contributed by atoms with Crippen LogP contribution in [0, 0.1) is 5.92 Å². The van der Waals surface area contributed by atoms with E-state index in [4.69, 9.17) is 4.74 Å². The predicted molar refractivity (Wildman–Crippen MR) is 79.3 cm³/mol. The molecule has 0 bridgehead atoms. The molecule has 1 unspecified atom stereocenters. The average molecular weight is 316 g/mol. The maximum Gasteiger partial charge on any atom is 0.258 e. The van der Waals surface area contributed by atoms with Crippen molar-refractivity contribution in [3.63, 3.8) is 0 Å². The molecule has 1 aliphatic rings. The zero-order valence-electron chi connectivity index (χ0n) is 12.7. The van der Waals surface area contributed by atoms with Crippen molar-refractivity contribution in [3.8, 4) is 0 Å². The summed E-state index contributed by atoms with van der Waals surface area (Å²) < 4.78 is 32.8. The van der Waals surface area contributed by atoms with Gasteiger partial charge < -0.3 is 10.1 Å². The highest BCUT2D eigenvalue weighted by Crippen LogP contribution is 2.20. The molecule has 1 fully saturated rings. The topological polar surface area (TPSA) is 96.1 Å². The number of H-pyrrole nitrogens is 1. The van der Waals surface area contributed by atoms with Gasteiger partial charge in [-0.1, -0.05) is 13.8 Å². The molecule has 1 saturated carbocycles. The van der Waals surface area contributed by atoms with Crippen molar-refractivity contribution in [3.05, 3.63) is 11.8 Å². The Morgan fingerprint density at radius 1 is 1.48 bits per heavy atom. The first-order chi connectivity index (χ1) is 9.94. The van der Waals surface area contributed by atoms with Crippen LogP contribution in [0.1, 0.15) is 32.3 Å². The molecule has 0 radical (unpaired) electrons. The van der Waals surface area contributed by atoms with Gasteiger partial charge in [-0.15, -0.1) is 0 Å². The Bertz CT molecular complexity index is 552. The molecule has 8 heteroatoms. The van der Waals surface area contributed by atoms with E-state index in [0.717, 1.165) is 12.8 Å². The van der Waals surface area contributed by atoms with Crippen LogP contribution in [0.3, 0.4) is 0 Å². The van der Waals surface area contributed by atoms with E-state index in [1.807, 2.05) is 13.8 Å². The highest BCUT2D eigenvalue weighted by atomic mass is 32.2. The summed E-state index contributed by atoms with van der Waals surface area (Å²) in [5.74, 6) is 0.135. The molecule has 7 nitrogen and oxygen atoms in total. The molecule has 120 valence electrons. The van der Waals surface area contributed by atoms with E-state index in [9.17, 15) is 8.42 Å². The molecule has 1 aromatic heterocycles. The molecule has 0 spiro atoms. The van der Waals surface area contributed by atoms with Gasteiger partial charge in [0, 0.05) is 31.3 Å². The van der Waals surface area contributed by atoms with Crippen LogP contribution in [0.5, 0.6) is 0 Å². The lowest BCUT2D eigenvalue weighted by atomic mass is 10.1. The maximum atomic E-state index is 12.5. The van der Waals surface area contributed by atoms with Crippen LogP contribution >= 0.6 is 0 Å². The third-order valence-electron chi connectivity index (χ3n) is 3.56. The van der Waals surface area contributed by atoms with Crippen LogP contribution in [0.4, 0.5) is 0 Å². The van der Waals surface area contributed by atoms with E-state index < -0.39 is 10.0 Å². The largest absolute Gasteiger partial charge is 0.383 e. The smallest absolute Gasteiger partial charge is 0.258 e. The SMILES string of the molecule is COCC(NS(=O)(=O)c1[nH]ncc1CNC1CC1)C(C)C. The van der Waals surface area contributed by atoms with Gasteiger partial charge in [0.1, 0.15) is 0 Å². The number of methoxy groups -OCH3 is 1. The van der Waals surface area contributed by atoms with Gasteiger partial charge in [-0.05, 0) is 18.8 Å². The fourth-order valence-corrected chi connectivity index (χ4v) is 3.50. The van der Waals surface area contributed by atoms with E-state index >= 15 is 0 Å². The summed E-state index contributed by atoms with van der Waals surface area (Å²) in [4.78, 5) is 0. The first-order valence-electron chi connectivity index (χ1n) is 7.21. The van der Waals surface area contributed by atoms with Crippen molar-refractivity contribution in [2.45, 2.75) is 50.3 Å². The summed E-state index contributed by atoms with van der Waals surface area (Å²) >= 11 is 0. The second-order valence-corrected chi connectivity index (χ2v) is 7.46. The number of rotatable bonds is 9. The molecular weight excluding hydrogens is 292 g/mol. The molecule has 0 saturated heterocycles. The fraction of sp³-hybridized carbons (Fsp3) is 0.769. The molecule has 1 atom stereocenters. The van der Waals surface area contributed by atoms with Crippen LogP contribution < -0.4 is 10.0 Å². The van der Waals surface area contributed by atoms with Gasteiger partial charge in [-0.3, -0.25) is 5.10 Å². The van der Waals surface area contributed by atoms with Crippen molar-refractivity contribution >= 4 is 10.0 Å². The van der Waals surface area contributed by atoms with Crippen LogP contribution in [0.15, 0.2) is 11.2 Å². The van der Waals surface area contributed by atoms with Gasteiger partial charge in [0.25, 0.3) is 10.0 Å². The summed E-state index contributed by atoms with van der Waals surface area (Å²) in [5.41, 5.74) is 0.661. The second kappa shape index (κ2) is 6.87. The minimum Gasteiger partial charge on any atom is -0.383 e. The first-order valence-corrected chi connectivity index (χ1v) is 8.69. The van der Waals surface area contributed by atoms with Gasteiger partial charge in [-0.25, -0.2) is 13.1 Å². The van der Waals surface area contributed by atoms with Crippen molar-refractivity contribution in [1.29, 1.82) is 0 Å². The number of nitrogens with one attached hydrogen (secondary N) is 3. The molecule has 1 aliphatic carbocycles. The molecular formula is C13H24N4O3S. The van der Waals surface area contributed by atoms with Crippen molar-refractivity contribution in [2.24, 2.45) is 5.92 Å². The Labute approximate surface area is 125 Å². The highest BCUT2D eigenvalue weighted by molar-refractivity contribution is 7.89. The third kappa shape index (κ3) is 4.50. The summed E-state index contributed by atoms with van der Waals surface area (Å²) in [7, 11) is -2.07. The summed E-state index contributed by atoms with van der Waals surface area (Å²) in [5, 5.41) is 9.90. The maximum absolute atomic E-state index is 12.5. The Morgan fingerprint density at radius 2 is 2.19 bits per heavy atom. The monoisotopic (exact) mass is 316 g/mol. The highest BCUT2D eigenvalue weighted by Gasteiger charge is 2.27. The van der Waals surface area contributed by atoms with Gasteiger partial charge in [-0.2, -0.15) is 5.10 Å². The Balaban J connectivity index is 2.08. The molecule has 0 amide bonds. The van der Waals surface area contributed by atoms with Crippen molar-refractivity contribution in [1.82, 2.24) is 20.2 Å². The molecule has 21 heavy (non-hydrogen) atoms. The lowest BCUT2D eigenvalue weighted by Gasteiger charge is -2.21. The molecule has 1 heterocycles. The number of hydrogen-bond donors (Lipinski definition) is 3. The quantitative estimate of drug-likeness (QED) is 0.620. The summed E-state index contributed by atoms with van der Waals surface area (Å²) in [6, 6.07) is 0.243. The van der Waals surface area contributed by atoms with Crippen LogP contribution in [-0.4, -0.2) is 44.4 Å². The average Bonchev–Trinajstić information content (AvgIpc) is 3.11. The second-order valence-electron chi connectivity index (χ2n) is 5.81. The van der Waals surface area contributed by atoms with E-state index in [2.05, 4.69) is 20.2 Å². The van der Waals surface area contributed by atoms with Gasteiger partial charge in [0.2, 0.25) is 0 Å². The standard InChI is InChI=1S/C13H24N4O3S/c1-9(2)12(8-20-3)17-21(18,19)13-10(7-15-16-13)6-14-11-4-5-11/h7,9,11-12,14,17H,4-6,8H2,1-3H3,(H,15,16). The van der Waals surface area contributed by atoms with Crippen LogP contribution in [-0.2, 0) is 21.3 Å². The normalized spacial score (nSPS) is 17.3. The minimum atomic E-state index is -3.63. The number of aromatic nitrogens is 2. The van der Waals surface area contributed by atoms with Crippen molar-refractivity contribution < 1.29 is 13.2 Å². The van der Waals surface area contributed by atoms with E-state index in [0.29, 0.717) is 24.8 Å². The number of ether oxygens (including phenoxy) is 1. The molecule has 3 N–H and O–H groups in total. The third-order valence-corrected chi connectivity index (χ3v) is 5.07. The molecule has 0 aromatic carbocycles. The van der Waals surface area contributed by atoms with Gasteiger partial charge in [0.15, 0.2) is 5.03 Å². The first kappa shape index (κ1) is 16.4. The molecule has 1 aromatic rings. The van der Waals surface area contributed by atoms with E-state index in [1.165, 1.54) is 0 Å². The Hall–Kier alpha value is -0.960. The Kier molecular flexibility index (Phi) is 5.37. The van der Waals surface area contributed by atoms with Crippen LogP contribution in [0.2, 0.25) is 0 Å². The molecule has 0 aliphatic heterocycles. The van der Waals surface area contributed by atoms with Gasteiger partial charge in [0.05, 0.1) is 12.8 Å².